The number of amides is 3. The Morgan fingerprint density at radius 1 is 1.03 bits per heavy atom. The summed E-state index contributed by atoms with van der Waals surface area (Å²) >= 11 is 0. The molecule has 3 atom stereocenters. The molecule has 32 heavy (non-hydrogen) atoms. The van der Waals surface area contributed by atoms with E-state index in [1.54, 1.807) is 11.9 Å². The van der Waals surface area contributed by atoms with Crippen LogP contribution < -0.4 is 10.2 Å². The molecule has 1 N–H and O–H groups in total. The van der Waals surface area contributed by atoms with E-state index >= 15 is 0 Å². The highest BCUT2D eigenvalue weighted by molar-refractivity contribution is 6.00. The van der Waals surface area contributed by atoms with Crippen molar-refractivity contribution in [1.29, 1.82) is 0 Å². The second-order valence-electron chi connectivity index (χ2n) is 9.24. The fourth-order valence-electron chi connectivity index (χ4n) is 5.35. The zero-order valence-corrected chi connectivity index (χ0v) is 19.2. The molecule has 3 fully saturated rings. The first-order chi connectivity index (χ1) is 15.4. The molecule has 2 aromatic rings. The minimum absolute atomic E-state index is 0.113. The number of urea groups is 1. The van der Waals surface area contributed by atoms with Crippen LogP contribution in [0.1, 0.15) is 28.7 Å². The predicted molar refractivity (Wildman–Crippen MR) is 124 cm³/mol. The molecular formula is C25H31N5O2. The molecule has 0 aliphatic carbocycles. The molecule has 7 heteroatoms. The quantitative estimate of drug-likeness (QED) is 0.807. The number of nitrogens with one attached hydrogen (secondary N) is 1. The van der Waals surface area contributed by atoms with E-state index in [4.69, 9.17) is 0 Å². The molecule has 0 aromatic heterocycles. The Labute approximate surface area is 189 Å². The Hall–Kier alpha value is -2.90. The van der Waals surface area contributed by atoms with E-state index in [9.17, 15) is 9.59 Å². The number of fused-ring (bicyclic) bond motifs is 3. The van der Waals surface area contributed by atoms with Crippen molar-refractivity contribution in [3.05, 3.63) is 64.7 Å². The lowest BCUT2D eigenvalue weighted by Crippen LogP contribution is -2.66. The minimum Gasteiger partial charge on any atom is -0.343 e. The van der Waals surface area contributed by atoms with Crippen LogP contribution in [-0.2, 0) is 11.3 Å². The van der Waals surface area contributed by atoms with Gasteiger partial charge in [-0.05, 0) is 49.9 Å². The van der Waals surface area contributed by atoms with Crippen LogP contribution >= 0.6 is 0 Å². The summed E-state index contributed by atoms with van der Waals surface area (Å²) in [6.07, 6.45) is 0.522. The van der Waals surface area contributed by atoms with Gasteiger partial charge >= 0.3 is 6.03 Å². The van der Waals surface area contributed by atoms with Gasteiger partial charge in [-0.15, -0.1) is 0 Å². The molecule has 3 aliphatic heterocycles. The summed E-state index contributed by atoms with van der Waals surface area (Å²) in [5, 5.41) is 3.60. The van der Waals surface area contributed by atoms with Gasteiger partial charge < -0.3 is 9.80 Å². The van der Waals surface area contributed by atoms with Gasteiger partial charge in [-0.1, -0.05) is 42.0 Å². The van der Waals surface area contributed by atoms with E-state index in [2.05, 4.69) is 47.2 Å². The Kier molecular flexibility index (Phi) is 5.18. The summed E-state index contributed by atoms with van der Waals surface area (Å²) in [7, 11) is 1.80. The highest BCUT2D eigenvalue weighted by atomic mass is 16.2. The van der Waals surface area contributed by atoms with E-state index in [-0.39, 0.29) is 30.4 Å². The second kappa shape index (κ2) is 7.90. The number of carbonyl (C=O) groups excluding carboxylic acids is 2. The molecule has 0 spiro atoms. The summed E-state index contributed by atoms with van der Waals surface area (Å²) in [6, 6.07) is 13.7. The normalized spacial score (nSPS) is 25.9. The van der Waals surface area contributed by atoms with Crippen molar-refractivity contribution in [3.63, 3.8) is 0 Å². The number of aryl methyl sites for hydroxylation is 2. The maximum atomic E-state index is 13.6. The molecule has 168 valence electrons. The Bertz CT molecular complexity index is 1070. The average molecular weight is 434 g/mol. The maximum absolute atomic E-state index is 13.6. The fourth-order valence-corrected chi connectivity index (χ4v) is 5.35. The van der Waals surface area contributed by atoms with Gasteiger partial charge in [-0.3, -0.25) is 19.9 Å². The molecule has 3 saturated heterocycles. The van der Waals surface area contributed by atoms with Crippen LogP contribution in [0.2, 0.25) is 0 Å². The Morgan fingerprint density at radius 3 is 2.59 bits per heavy atom. The number of hydrogen-bond donors (Lipinski definition) is 1. The smallest absolute Gasteiger partial charge is 0.328 e. The van der Waals surface area contributed by atoms with Crippen molar-refractivity contribution >= 4 is 17.6 Å². The highest BCUT2D eigenvalue weighted by Gasteiger charge is 2.56. The van der Waals surface area contributed by atoms with Gasteiger partial charge in [0.1, 0.15) is 18.5 Å². The van der Waals surface area contributed by atoms with E-state index in [1.165, 1.54) is 21.7 Å². The Morgan fingerprint density at radius 2 is 1.81 bits per heavy atom. The largest absolute Gasteiger partial charge is 0.343 e. The second-order valence-corrected chi connectivity index (χ2v) is 9.24. The first-order valence-electron chi connectivity index (χ1n) is 11.3. The molecular weight excluding hydrogens is 402 g/mol. The first kappa shape index (κ1) is 21.0. The molecule has 3 heterocycles. The summed E-state index contributed by atoms with van der Waals surface area (Å²) in [5.74, 6) is -0.113. The number of likely N-dealkylation sites (N-methyl/N-ethyl adjacent to an activating group) is 1. The van der Waals surface area contributed by atoms with Crippen molar-refractivity contribution in [3.8, 4) is 0 Å². The molecule has 7 nitrogen and oxygen atoms in total. The van der Waals surface area contributed by atoms with Crippen LogP contribution in [0.15, 0.2) is 42.5 Å². The molecule has 0 radical (unpaired) electrons. The van der Waals surface area contributed by atoms with Gasteiger partial charge in [-0.25, -0.2) is 4.79 Å². The monoisotopic (exact) mass is 433 g/mol. The molecule has 3 unspecified atom stereocenters. The number of imide groups is 1. The highest BCUT2D eigenvalue weighted by Crippen LogP contribution is 2.35. The SMILES string of the molecule is Cc1cccc(CN2C(=O)C3C(NC4N(c5cccc(C)c5C)CCCN34)N(C)C2=O)c1. The number of nitrogens with zero attached hydrogens (tertiary/aromatic N) is 4. The predicted octanol–water partition coefficient (Wildman–Crippen LogP) is 2.80. The van der Waals surface area contributed by atoms with Crippen LogP contribution in [0.5, 0.6) is 0 Å². The van der Waals surface area contributed by atoms with E-state index in [0.717, 1.165) is 30.6 Å². The molecule has 0 bridgehead atoms. The Balaban J connectivity index is 1.45. The lowest BCUT2D eigenvalue weighted by Gasteiger charge is -2.44. The topological polar surface area (TPSA) is 59.1 Å². The lowest BCUT2D eigenvalue weighted by molar-refractivity contribution is -0.139. The molecule has 2 aromatic carbocycles. The van der Waals surface area contributed by atoms with Crippen molar-refractivity contribution in [1.82, 2.24) is 20.0 Å². The lowest BCUT2D eigenvalue weighted by atomic mass is 10.1. The van der Waals surface area contributed by atoms with Crippen molar-refractivity contribution < 1.29 is 9.59 Å². The number of anilines is 1. The number of carbonyl (C=O) groups is 2. The number of benzene rings is 2. The zero-order chi connectivity index (χ0) is 22.6. The van der Waals surface area contributed by atoms with Crippen LogP contribution in [0.3, 0.4) is 0 Å². The van der Waals surface area contributed by atoms with Crippen LogP contribution in [0.4, 0.5) is 10.5 Å². The first-order valence-corrected chi connectivity index (χ1v) is 11.3. The maximum Gasteiger partial charge on any atom is 0.328 e. The van der Waals surface area contributed by atoms with Crippen LogP contribution in [-0.4, -0.2) is 65.3 Å². The van der Waals surface area contributed by atoms with Gasteiger partial charge in [0.25, 0.3) is 5.91 Å². The van der Waals surface area contributed by atoms with E-state index in [0.29, 0.717) is 6.54 Å². The standard InChI is InChI=1S/C25H31N5O2/c1-16-8-5-10-19(14-16)15-30-23(31)21-22(27(4)25(30)32)26-24-28(12-7-13-29(21)24)20-11-6-9-17(2)18(20)3/h5-6,8-11,14,21-22,24,26H,7,12-13,15H2,1-4H3. The third-order valence-electron chi connectivity index (χ3n) is 7.18. The zero-order valence-electron chi connectivity index (χ0n) is 19.2. The molecule has 5 rings (SSSR count). The third kappa shape index (κ3) is 3.27. The van der Waals surface area contributed by atoms with Crippen molar-refractivity contribution in [2.45, 2.75) is 52.2 Å². The van der Waals surface area contributed by atoms with Crippen molar-refractivity contribution in [2.24, 2.45) is 0 Å². The van der Waals surface area contributed by atoms with Gasteiger partial charge in [0, 0.05) is 25.8 Å². The van der Waals surface area contributed by atoms with Crippen LogP contribution in [0.25, 0.3) is 0 Å². The summed E-state index contributed by atoms with van der Waals surface area (Å²) in [4.78, 5) is 34.5. The summed E-state index contributed by atoms with van der Waals surface area (Å²) in [5.41, 5.74) is 5.78. The van der Waals surface area contributed by atoms with E-state index < -0.39 is 0 Å². The number of hydrogen-bond acceptors (Lipinski definition) is 5. The van der Waals surface area contributed by atoms with Crippen LogP contribution in [0, 0.1) is 20.8 Å². The van der Waals surface area contributed by atoms with E-state index in [1.807, 2.05) is 31.2 Å². The van der Waals surface area contributed by atoms with Gasteiger partial charge in [0.05, 0.1) is 6.54 Å². The third-order valence-corrected chi connectivity index (χ3v) is 7.18. The van der Waals surface area contributed by atoms with Gasteiger partial charge in [0.2, 0.25) is 0 Å². The fraction of sp³-hybridized carbons (Fsp3) is 0.440. The van der Waals surface area contributed by atoms with Gasteiger partial charge in [-0.2, -0.15) is 0 Å². The minimum atomic E-state index is -0.388. The summed E-state index contributed by atoms with van der Waals surface area (Å²) in [6.45, 7) is 8.33. The van der Waals surface area contributed by atoms with Crippen molar-refractivity contribution in [2.75, 3.05) is 25.0 Å². The summed E-state index contributed by atoms with van der Waals surface area (Å²) < 4.78 is 0. The number of rotatable bonds is 3. The average Bonchev–Trinajstić information content (AvgIpc) is 3.17. The van der Waals surface area contributed by atoms with Gasteiger partial charge in [0.15, 0.2) is 0 Å². The molecule has 3 aliphatic rings. The molecule has 0 saturated carbocycles. The molecule has 3 amide bonds.